The van der Waals surface area contributed by atoms with E-state index < -0.39 is 0 Å². The van der Waals surface area contributed by atoms with Crippen molar-refractivity contribution in [3.63, 3.8) is 0 Å². The third kappa shape index (κ3) is 2.99. The first-order valence-corrected chi connectivity index (χ1v) is 10.3. The summed E-state index contributed by atoms with van der Waals surface area (Å²) in [5, 5.41) is 6.90. The minimum Gasteiger partial charge on any atom is -0.271 e. The molecule has 144 valence electrons. The molecule has 0 aliphatic carbocycles. The van der Waals surface area contributed by atoms with Crippen LogP contribution in [0.25, 0.3) is 16.0 Å². The van der Waals surface area contributed by atoms with E-state index in [0.717, 1.165) is 11.1 Å². The first kappa shape index (κ1) is 17.9. The monoisotopic (exact) mass is 422 g/mol. The molecule has 0 fully saturated rings. The van der Waals surface area contributed by atoms with Crippen LogP contribution in [0.3, 0.4) is 0 Å². The topological polar surface area (TPSA) is 61.3 Å². The van der Waals surface area contributed by atoms with Gasteiger partial charge in [-0.3, -0.25) is 9.36 Å². The van der Waals surface area contributed by atoms with Crippen molar-refractivity contribution in [2.75, 3.05) is 0 Å². The number of hydrogen-bond donors (Lipinski definition) is 0. The second kappa shape index (κ2) is 7.02. The summed E-state index contributed by atoms with van der Waals surface area (Å²) in [5.74, 6) is 0.321. The Kier molecular flexibility index (Phi) is 4.34. The minimum atomic E-state index is -0.301. The molecule has 29 heavy (non-hydrogen) atoms. The number of benzene rings is 2. The summed E-state index contributed by atoms with van der Waals surface area (Å²) in [5.41, 5.74) is 1.87. The van der Waals surface area contributed by atoms with E-state index in [1.54, 1.807) is 16.7 Å². The zero-order valence-electron chi connectivity index (χ0n) is 15.2. The van der Waals surface area contributed by atoms with Gasteiger partial charge in [-0.15, -0.1) is 16.4 Å². The number of thiophene rings is 1. The summed E-state index contributed by atoms with van der Waals surface area (Å²) in [7, 11) is 0. The molecule has 0 N–H and O–H groups in total. The second-order valence-electron chi connectivity index (χ2n) is 6.68. The van der Waals surface area contributed by atoms with Gasteiger partial charge in [-0.05, 0) is 28.6 Å². The average molecular weight is 423 g/mol. The van der Waals surface area contributed by atoms with E-state index in [4.69, 9.17) is 11.6 Å². The summed E-state index contributed by atoms with van der Waals surface area (Å²) in [4.78, 5) is 26.3. The van der Waals surface area contributed by atoms with Crippen LogP contribution in [0.4, 0.5) is 0 Å². The van der Waals surface area contributed by atoms with Gasteiger partial charge in [0, 0.05) is 5.02 Å². The smallest absolute Gasteiger partial charge is 0.271 e. The van der Waals surface area contributed by atoms with Gasteiger partial charge in [0.2, 0.25) is 5.78 Å². The molecule has 5 aromatic rings. The molecular formula is C21H15ClN4O2S. The molecule has 0 spiro atoms. The number of halogens is 1. The van der Waals surface area contributed by atoms with Crippen molar-refractivity contribution >= 4 is 38.9 Å². The second-order valence-corrected chi connectivity index (χ2v) is 8.00. The highest BCUT2D eigenvalue weighted by molar-refractivity contribution is 7.17. The van der Waals surface area contributed by atoms with Crippen molar-refractivity contribution in [1.82, 2.24) is 18.7 Å². The Bertz CT molecular complexity index is 1460. The largest absolute Gasteiger partial charge is 0.352 e. The predicted molar refractivity (Wildman–Crippen MR) is 115 cm³/mol. The predicted octanol–water partition coefficient (Wildman–Crippen LogP) is 3.62. The summed E-state index contributed by atoms with van der Waals surface area (Å²) in [6.45, 7) is 0.560. The van der Waals surface area contributed by atoms with Gasteiger partial charge >= 0.3 is 5.69 Å². The molecule has 3 heterocycles. The molecule has 6 nitrogen and oxygen atoms in total. The van der Waals surface area contributed by atoms with Crippen molar-refractivity contribution in [2.45, 2.75) is 13.1 Å². The maximum absolute atomic E-state index is 13.2. The summed E-state index contributed by atoms with van der Waals surface area (Å²) < 4.78 is 4.95. The van der Waals surface area contributed by atoms with Crippen molar-refractivity contribution in [2.24, 2.45) is 0 Å². The molecule has 0 saturated heterocycles. The first-order valence-electron chi connectivity index (χ1n) is 9.00. The van der Waals surface area contributed by atoms with Gasteiger partial charge in [0.05, 0.1) is 18.6 Å². The van der Waals surface area contributed by atoms with Crippen molar-refractivity contribution in [3.05, 3.63) is 103 Å². The molecular weight excluding hydrogens is 408 g/mol. The third-order valence-electron chi connectivity index (χ3n) is 4.85. The highest BCUT2D eigenvalue weighted by Crippen LogP contribution is 2.19. The van der Waals surface area contributed by atoms with Gasteiger partial charge in [0.15, 0.2) is 0 Å². The van der Waals surface area contributed by atoms with Crippen LogP contribution in [-0.2, 0) is 13.1 Å². The molecule has 0 amide bonds. The lowest BCUT2D eigenvalue weighted by Gasteiger charge is -2.07. The standard InChI is InChI=1S/C21H15ClN4O2S/c22-16-9-5-4-8-15(16)13-25-21(28)26-17-10-11-29-18(17)19(27)24(20(26)23-25)12-14-6-2-1-3-7-14/h1-11H,12-13H2. The molecule has 0 aliphatic rings. The molecule has 0 unspecified atom stereocenters. The van der Waals surface area contributed by atoms with Gasteiger partial charge in [-0.25, -0.2) is 13.9 Å². The van der Waals surface area contributed by atoms with Gasteiger partial charge in [0.1, 0.15) is 4.70 Å². The Labute approximate surface area is 173 Å². The van der Waals surface area contributed by atoms with Crippen LogP contribution < -0.4 is 11.2 Å². The lowest BCUT2D eigenvalue weighted by molar-refractivity contribution is 0.655. The van der Waals surface area contributed by atoms with Crippen LogP contribution >= 0.6 is 22.9 Å². The molecule has 0 radical (unpaired) electrons. The maximum Gasteiger partial charge on any atom is 0.352 e. The fourth-order valence-electron chi connectivity index (χ4n) is 3.43. The molecule has 8 heteroatoms. The van der Waals surface area contributed by atoms with E-state index >= 15 is 0 Å². The normalized spacial score (nSPS) is 11.5. The first-order chi connectivity index (χ1) is 14.1. The van der Waals surface area contributed by atoms with Crippen LogP contribution in [0.1, 0.15) is 11.1 Å². The molecule has 3 aromatic heterocycles. The van der Waals surface area contributed by atoms with Gasteiger partial charge in [0.25, 0.3) is 5.56 Å². The fourth-order valence-corrected chi connectivity index (χ4v) is 4.45. The zero-order valence-corrected chi connectivity index (χ0v) is 16.7. The van der Waals surface area contributed by atoms with Crippen molar-refractivity contribution < 1.29 is 0 Å². The number of hydrogen-bond acceptors (Lipinski definition) is 4. The molecule has 0 atom stereocenters. The third-order valence-corrected chi connectivity index (χ3v) is 6.11. The number of nitrogens with zero attached hydrogens (tertiary/aromatic N) is 4. The van der Waals surface area contributed by atoms with Gasteiger partial charge in [-0.2, -0.15) is 0 Å². The van der Waals surface area contributed by atoms with E-state index in [-0.39, 0.29) is 17.8 Å². The quantitative estimate of drug-likeness (QED) is 0.444. The SMILES string of the molecule is O=c1c2sccc2n2c(=O)n(Cc3ccccc3Cl)nc2n1Cc1ccccc1. The summed E-state index contributed by atoms with van der Waals surface area (Å²) >= 11 is 7.59. The molecule has 0 aliphatic heterocycles. The van der Waals surface area contributed by atoms with Crippen LogP contribution in [0, 0.1) is 0 Å². The Morgan fingerprint density at radius 3 is 2.48 bits per heavy atom. The van der Waals surface area contributed by atoms with E-state index in [1.165, 1.54) is 20.4 Å². The molecule has 0 bridgehead atoms. The van der Waals surface area contributed by atoms with Crippen LogP contribution in [0.5, 0.6) is 0 Å². The van der Waals surface area contributed by atoms with Crippen LogP contribution in [-0.4, -0.2) is 18.7 Å². The van der Waals surface area contributed by atoms with E-state index in [9.17, 15) is 9.59 Å². The molecule has 2 aromatic carbocycles. The van der Waals surface area contributed by atoms with E-state index in [2.05, 4.69) is 5.10 Å². The van der Waals surface area contributed by atoms with Gasteiger partial charge < -0.3 is 0 Å². The molecule has 5 rings (SSSR count). The lowest BCUT2D eigenvalue weighted by atomic mass is 10.2. The van der Waals surface area contributed by atoms with Crippen LogP contribution in [0.15, 0.2) is 75.6 Å². The Hall–Kier alpha value is -3.16. The van der Waals surface area contributed by atoms with Crippen molar-refractivity contribution in [1.29, 1.82) is 0 Å². The maximum atomic E-state index is 13.2. The summed E-state index contributed by atoms with van der Waals surface area (Å²) in [6.07, 6.45) is 0. The highest BCUT2D eigenvalue weighted by Gasteiger charge is 2.19. The minimum absolute atomic E-state index is 0.152. The number of rotatable bonds is 4. The Morgan fingerprint density at radius 2 is 1.69 bits per heavy atom. The number of fused-ring (bicyclic) bond motifs is 3. The van der Waals surface area contributed by atoms with Crippen molar-refractivity contribution in [3.8, 4) is 0 Å². The number of aromatic nitrogens is 4. The average Bonchev–Trinajstić information content (AvgIpc) is 3.33. The summed E-state index contributed by atoms with van der Waals surface area (Å²) in [6, 6.07) is 18.8. The Balaban J connectivity index is 1.76. The van der Waals surface area contributed by atoms with Crippen LogP contribution in [0.2, 0.25) is 5.02 Å². The molecule has 0 saturated carbocycles. The highest BCUT2D eigenvalue weighted by atomic mass is 35.5. The fraction of sp³-hybridized carbons (Fsp3) is 0.0952. The Morgan fingerprint density at radius 1 is 0.931 bits per heavy atom. The van der Waals surface area contributed by atoms with E-state index in [1.807, 2.05) is 53.9 Å². The lowest BCUT2D eigenvalue weighted by Crippen LogP contribution is -2.26. The zero-order chi connectivity index (χ0) is 20.0. The van der Waals surface area contributed by atoms with Gasteiger partial charge in [-0.1, -0.05) is 60.1 Å². The van der Waals surface area contributed by atoms with E-state index in [0.29, 0.717) is 27.6 Å².